The van der Waals surface area contributed by atoms with Crippen LogP contribution in [0.4, 0.5) is 0 Å². The number of primary amides is 2. The molecule has 1 aliphatic carbocycles. The smallest absolute Gasteiger partial charge is 0.306 e. The summed E-state index contributed by atoms with van der Waals surface area (Å²) in [5.41, 5.74) is 10.0. The molecule has 5 N–H and O–H groups in total. The lowest BCUT2D eigenvalue weighted by molar-refractivity contribution is -0.143. The maximum Gasteiger partial charge on any atom is 0.306 e. The van der Waals surface area contributed by atoms with Crippen molar-refractivity contribution in [3.63, 3.8) is 0 Å². The SMILES string of the molecule is NC(=O)CN(CC(N)=O)C(=O)C1CCC(C(=O)O)C1. The maximum atomic E-state index is 12.1. The molecule has 106 valence electrons. The zero-order chi connectivity index (χ0) is 14.6. The van der Waals surface area contributed by atoms with Gasteiger partial charge < -0.3 is 21.5 Å². The number of amides is 3. The van der Waals surface area contributed by atoms with E-state index in [0.29, 0.717) is 12.8 Å². The molecule has 0 radical (unpaired) electrons. The Morgan fingerprint density at radius 3 is 1.84 bits per heavy atom. The summed E-state index contributed by atoms with van der Waals surface area (Å²) in [4.78, 5) is 45.6. The van der Waals surface area contributed by atoms with E-state index in [2.05, 4.69) is 0 Å². The number of nitrogens with two attached hydrogens (primary N) is 2. The van der Waals surface area contributed by atoms with Crippen LogP contribution in [0.3, 0.4) is 0 Å². The second kappa shape index (κ2) is 6.17. The van der Waals surface area contributed by atoms with Crippen LogP contribution in [0.1, 0.15) is 19.3 Å². The molecule has 1 rings (SSSR count). The molecule has 0 aliphatic heterocycles. The van der Waals surface area contributed by atoms with E-state index in [1.165, 1.54) is 0 Å². The highest BCUT2D eigenvalue weighted by atomic mass is 16.4. The molecule has 8 nitrogen and oxygen atoms in total. The van der Waals surface area contributed by atoms with Crippen LogP contribution < -0.4 is 11.5 Å². The van der Waals surface area contributed by atoms with Gasteiger partial charge in [-0.2, -0.15) is 0 Å². The first-order valence-electron chi connectivity index (χ1n) is 5.89. The Hall–Kier alpha value is -2.12. The molecule has 19 heavy (non-hydrogen) atoms. The molecule has 0 bridgehead atoms. The number of carboxylic acid groups (broad SMARTS) is 1. The number of aliphatic carboxylic acids is 1. The minimum atomic E-state index is -0.938. The predicted octanol–water partition coefficient (Wildman–Crippen LogP) is -1.71. The van der Waals surface area contributed by atoms with Crippen molar-refractivity contribution in [3.8, 4) is 0 Å². The number of rotatable bonds is 6. The quantitative estimate of drug-likeness (QED) is 0.526. The first-order valence-corrected chi connectivity index (χ1v) is 5.89. The van der Waals surface area contributed by atoms with Gasteiger partial charge in [-0.1, -0.05) is 0 Å². The molecule has 0 aromatic carbocycles. The number of hydrogen-bond donors (Lipinski definition) is 3. The minimum Gasteiger partial charge on any atom is -0.481 e. The fraction of sp³-hybridized carbons (Fsp3) is 0.636. The van der Waals surface area contributed by atoms with E-state index in [9.17, 15) is 19.2 Å². The number of carbonyl (C=O) groups excluding carboxylic acids is 3. The third-order valence-corrected chi connectivity index (χ3v) is 3.14. The van der Waals surface area contributed by atoms with Crippen molar-refractivity contribution in [1.82, 2.24) is 4.90 Å². The minimum absolute atomic E-state index is 0.211. The molecule has 0 aromatic rings. The van der Waals surface area contributed by atoms with Gasteiger partial charge in [0.15, 0.2) is 0 Å². The highest BCUT2D eigenvalue weighted by molar-refractivity contribution is 5.89. The number of hydrogen-bond acceptors (Lipinski definition) is 4. The second-order valence-electron chi connectivity index (χ2n) is 4.67. The van der Waals surface area contributed by atoms with Gasteiger partial charge in [0.2, 0.25) is 17.7 Å². The van der Waals surface area contributed by atoms with Crippen molar-refractivity contribution < 1.29 is 24.3 Å². The Bertz CT molecular complexity index is 393. The fourth-order valence-electron chi connectivity index (χ4n) is 2.28. The van der Waals surface area contributed by atoms with Crippen LogP contribution in [0.2, 0.25) is 0 Å². The van der Waals surface area contributed by atoms with Gasteiger partial charge in [-0.3, -0.25) is 19.2 Å². The Morgan fingerprint density at radius 2 is 1.47 bits per heavy atom. The molecule has 0 heterocycles. The molecule has 0 spiro atoms. The van der Waals surface area contributed by atoms with Crippen LogP contribution in [0, 0.1) is 11.8 Å². The molecule has 2 unspecified atom stereocenters. The van der Waals surface area contributed by atoms with Crippen molar-refractivity contribution in [3.05, 3.63) is 0 Å². The average Bonchev–Trinajstić information content (AvgIpc) is 2.75. The van der Waals surface area contributed by atoms with E-state index in [4.69, 9.17) is 16.6 Å². The summed E-state index contributed by atoms with van der Waals surface area (Å²) in [6, 6.07) is 0. The summed E-state index contributed by atoms with van der Waals surface area (Å²) < 4.78 is 0. The molecule has 2 atom stereocenters. The molecule has 0 saturated heterocycles. The van der Waals surface area contributed by atoms with Gasteiger partial charge in [0.1, 0.15) is 0 Å². The third kappa shape index (κ3) is 4.23. The van der Waals surface area contributed by atoms with Crippen molar-refractivity contribution in [1.29, 1.82) is 0 Å². The zero-order valence-electron chi connectivity index (χ0n) is 10.4. The monoisotopic (exact) mass is 271 g/mol. The van der Waals surface area contributed by atoms with Crippen molar-refractivity contribution in [2.75, 3.05) is 13.1 Å². The van der Waals surface area contributed by atoms with E-state index in [0.717, 1.165) is 4.90 Å². The summed E-state index contributed by atoms with van der Waals surface area (Å²) in [5, 5.41) is 8.87. The topological polar surface area (TPSA) is 144 Å². The zero-order valence-corrected chi connectivity index (χ0v) is 10.4. The summed E-state index contributed by atoms with van der Waals surface area (Å²) in [6.45, 7) is -0.786. The van der Waals surface area contributed by atoms with Crippen molar-refractivity contribution >= 4 is 23.7 Å². The molecule has 1 saturated carbocycles. The van der Waals surface area contributed by atoms with Crippen LogP contribution in [-0.2, 0) is 19.2 Å². The lowest BCUT2D eigenvalue weighted by Crippen LogP contribution is -2.45. The summed E-state index contributed by atoms with van der Waals surface area (Å²) >= 11 is 0. The standard InChI is InChI=1S/C11H17N3O5/c12-8(15)4-14(5-9(13)16)10(17)6-1-2-7(3-6)11(18)19/h6-7H,1-5H2,(H2,12,15)(H2,13,16)(H,18,19). The van der Waals surface area contributed by atoms with Gasteiger partial charge in [-0.15, -0.1) is 0 Å². The second-order valence-corrected chi connectivity index (χ2v) is 4.67. The van der Waals surface area contributed by atoms with E-state index in [1.807, 2.05) is 0 Å². The number of carboxylic acids is 1. The highest BCUT2D eigenvalue weighted by Gasteiger charge is 2.36. The van der Waals surface area contributed by atoms with Crippen LogP contribution in [-0.4, -0.2) is 46.8 Å². The van der Waals surface area contributed by atoms with Gasteiger partial charge in [-0.25, -0.2) is 0 Å². The highest BCUT2D eigenvalue weighted by Crippen LogP contribution is 2.32. The number of carbonyl (C=O) groups is 4. The Labute approximate surface area is 109 Å². The predicted molar refractivity (Wildman–Crippen MR) is 63.4 cm³/mol. The average molecular weight is 271 g/mol. The van der Waals surface area contributed by atoms with Crippen LogP contribution in [0.15, 0.2) is 0 Å². The normalized spacial score (nSPS) is 21.9. The fourth-order valence-corrected chi connectivity index (χ4v) is 2.28. The Morgan fingerprint density at radius 1 is 1.00 bits per heavy atom. The van der Waals surface area contributed by atoms with Gasteiger partial charge >= 0.3 is 5.97 Å². The molecule has 1 aliphatic rings. The molecular formula is C11H17N3O5. The maximum absolute atomic E-state index is 12.1. The molecule has 8 heteroatoms. The van der Waals surface area contributed by atoms with E-state index in [-0.39, 0.29) is 6.42 Å². The molecular weight excluding hydrogens is 254 g/mol. The van der Waals surface area contributed by atoms with Crippen LogP contribution >= 0.6 is 0 Å². The van der Waals surface area contributed by atoms with Crippen LogP contribution in [0.25, 0.3) is 0 Å². The van der Waals surface area contributed by atoms with E-state index >= 15 is 0 Å². The third-order valence-electron chi connectivity index (χ3n) is 3.14. The number of nitrogens with zero attached hydrogens (tertiary/aromatic N) is 1. The first-order chi connectivity index (χ1) is 8.81. The van der Waals surface area contributed by atoms with Gasteiger partial charge in [0.05, 0.1) is 19.0 Å². The lowest BCUT2D eigenvalue weighted by Gasteiger charge is -2.22. The Kier molecular flexibility index (Phi) is 4.85. The summed E-state index contributed by atoms with van der Waals surface area (Å²) in [7, 11) is 0. The molecule has 1 fully saturated rings. The summed E-state index contributed by atoms with van der Waals surface area (Å²) in [5.74, 6) is -3.93. The first kappa shape index (κ1) is 14.9. The lowest BCUT2D eigenvalue weighted by atomic mass is 10.0. The summed E-state index contributed by atoms with van der Waals surface area (Å²) in [6.07, 6.45) is 1.04. The van der Waals surface area contributed by atoms with Gasteiger partial charge in [-0.05, 0) is 19.3 Å². The molecule has 3 amide bonds. The van der Waals surface area contributed by atoms with Crippen LogP contribution in [0.5, 0.6) is 0 Å². The van der Waals surface area contributed by atoms with Crippen molar-refractivity contribution in [2.45, 2.75) is 19.3 Å². The van der Waals surface area contributed by atoms with Crippen molar-refractivity contribution in [2.24, 2.45) is 23.3 Å². The molecule has 0 aromatic heterocycles. The van der Waals surface area contributed by atoms with E-state index < -0.39 is 48.6 Å². The van der Waals surface area contributed by atoms with E-state index in [1.54, 1.807) is 0 Å². The Balaban J connectivity index is 2.69. The largest absolute Gasteiger partial charge is 0.481 e. The van der Waals surface area contributed by atoms with Gasteiger partial charge in [0.25, 0.3) is 0 Å². The van der Waals surface area contributed by atoms with Gasteiger partial charge in [0, 0.05) is 5.92 Å².